The lowest BCUT2D eigenvalue weighted by Gasteiger charge is -2.39. The molecular weight excluding hydrogens is 416 g/mol. The van der Waals surface area contributed by atoms with Crippen molar-refractivity contribution in [1.29, 1.82) is 0 Å². The van der Waals surface area contributed by atoms with Crippen molar-refractivity contribution in [2.24, 2.45) is 0 Å². The van der Waals surface area contributed by atoms with E-state index in [1.807, 2.05) is 30.3 Å². The minimum atomic E-state index is -4.17. The Morgan fingerprint density at radius 1 is 1.13 bits per heavy atom. The zero-order chi connectivity index (χ0) is 22.3. The van der Waals surface area contributed by atoms with Gasteiger partial charge in [0.1, 0.15) is 17.3 Å². The molecule has 2 aromatic carbocycles. The average Bonchev–Trinajstić information content (AvgIpc) is 2.80. The van der Waals surface area contributed by atoms with E-state index in [0.29, 0.717) is 19.6 Å². The summed E-state index contributed by atoms with van der Waals surface area (Å²) in [4.78, 5) is 14.8. The standard InChI is InChI=1S/C23H26N2O5S/c1-2-3-17-30-20-11-7-8-12-21(20)31(28,29)23(22(26)24-27)13-15-25(16-14-23)18-19-9-5-4-6-10-19/h4-12,27H,13-18H2,1H3,(H,24,26). The summed E-state index contributed by atoms with van der Waals surface area (Å²) in [6.07, 6.45) is 0.106. The van der Waals surface area contributed by atoms with Crippen LogP contribution in [0.4, 0.5) is 0 Å². The molecule has 0 bridgehead atoms. The highest BCUT2D eigenvalue weighted by atomic mass is 32.2. The Hall–Kier alpha value is -2.86. The van der Waals surface area contributed by atoms with Crippen LogP contribution in [0.2, 0.25) is 0 Å². The Labute approximate surface area is 182 Å². The summed E-state index contributed by atoms with van der Waals surface area (Å²) in [6, 6.07) is 16.1. The number of benzene rings is 2. The topological polar surface area (TPSA) is 95.9 Å². The minimum absolute atomic E-state index is 0.0348. The number of hydrogen-bond donors (Lipinski definition) is 2. The molecule has 1 saturated heterocycles. The van der Waals surface area contributed by atoms with E-state index >= 15 is 0 Å². The SMILES string of the molecule is CC#CCOc1ccccc1S(=O)(=O)C1(C(=O)NO)CCN(Cc2ccccc2)CC1. The van der Waals surface area contributed by atoms with Gasteiger partial charge in [0.25, 0.3) is 5.91 Å². The first kappa shape index (κ1) is 22.8. The van der Waals surface area contributed by atoms with Crippen LogP contribution < -0.4 is 10.2 Å². The van der Waals surface area contributed by atoms with Crippen molar-refractivity contribution in [1.82, 2.24) is 10.4 Å². The number of carbonyl (C=O) groups excluding carboxylic acids is 1. The van der Waals surface area contributed by atoms with E-state index < -0.39 is 20.5 Å². The van der Waals surface area contributed by atoms with Crippen molar-refractivity contribution < 1.29 is 23.2 Å². The van der Waals surface area contributed by atoms with E-state index in [-0.39, 0.29) is 30.1 Å². The minimum Gasteiger partial charge on any atom is -0.480 e. The first-order chi connectivity index (χ1) is 14.9. The van der Waals surface area contributed by atoms with Crippen molar-refractivity contribution in [3.8, 4) is 17.6 Å². The summed E-state index contributed by atoms with van der Waals surface area (Å²) in [5.41, 5.74) is 2.70. The van der Waals surface area contributed by atoms with Crippen LogP contribution in [0.3, 0.4) is 0 Å². The number of nitrogens with zero attached hydrogens (tertiary/aromatic N) is 1. The summed E-state index contributed by atoms with van der Waals surface area (Å²) >= 11 is 0. The summed E-state index contributed by atoms with van der Waals surface area (Å²) < 4.78 is 31.2. The molecule has 2 N–H and O–H groups in total. The van der Waals surface area contributed by atoms with Gasteiger partial charge in [-0.2, -0.15) is 0 Å². The van der Waals surface area contributed by atoms with Crippen LogP contribution >= 0.6 is 0 Å². The fourth-order valence-corrected chi connectivity index (χ4v) is 5.90. The van der Waals surface area contributed by atoms with E-state index in [1.54, 1.807) is 30.6 Å². The van der Waals surface area contributed by atoms with Crippen LogP contribution in [-0.4, -0.2) is 48.9 Å². The first-order valence-corrected chi connectivity index (χ1v) is 11.5. The number of ether oxygens (including phenoxy) is 1. The molecule has 1 amide bonds. The molecule has 0 spiro atoms. The van der Waals surface area contributed by atoms with Crippen molar-refractivity contribution in [3.63, 3.8) is 0 Å². The zero-order valence-corrected chi connectivity index (χ0v) is 18.2. The lowest BCUT2D eigenvalue weighted by Crippen LogP contribution is -2.57. The monoisotopic (exact) mass is 442 g/mol. The number of hydroxylamine groups is 1. The molecular formula is C23H26N2O5S. The predicted octanol–water partition coefficient (Wildman–Crippen LogP) is 2.40. The number of rotatable bonds is 7. The highest BCUT2D eigenvalue weighted by molar-refractivity contribution is 7.93. The summed E-state index contributed by atoms with van der Waals surface area (Å²) in [7, 11) is -4.17. The quantitative estimate of drug-likeness (QED) is 0.388. The van der Waals surface area contributed by atoms with Gasteiger partial charge in [-0.25, -0.2) is 13.9 Å². The second kappa shape index (κ2) is 9.96. The maximum absolute atomic E-state index is 13.7. The Morgan fingerprint density at radius 2 is 1.77 bits per heavy atom. The third-order valence-corrected chi connectivity index (χ3v) is 8.10. The third-order valence-electron chi connectivity index (χ3n) is 5.56. The molecule has 0 atom stereocenters. The molecule has 0 saturated carbocycles. The molecule has 0 radical (unpaired) electrons. The Morgan fingerprint density at radius 3 is 2.42 bits per heavy atom. The molecule has 1 aliphatic heterocycles. The summed E-state index contributed by atoms with van der Waals surface area (Å²) in [6.45, 7) is 3.15. The maximum Gasteiger partial charge on any atom is 0.265 e. The molecule has 1 fully saturated rings. The van der Waals surface area contributed by atoms with E-state index in [2.05, 4.69) is 16.7 Å². The van der Waals surface area contributed by atoms with Gasteiger partial charge >= 0.3 is 0 Å². The highest BCUT2D eigenvalue weighted by Crippen LogP contribution is 2.39. The number of para-hydroxylation sites is 1. The van der Waals surface area contributed by atoms with Crippen LogP contribution in [0.5, 0.6) is 5.75 Å². The smallest absolute Gasteiger partial charge is 0.265 e. The van der Waals surface area contributed by atoms with Crippen LogP contribution in [0.25, 0.3) is 0 Å². The van der Waals surface area contributed by atoms with Gasteiger partial charge in [0.2, 0.25) is 0 Å². The Kier molecular flexibility index (Phi) is 7.33. The highest BCUT2D eigenvalue weighted by Gasteiger charge is 2.53. The molecule has 0 aromatic heterocycles. The van der Waals surface area contributed by atoms with Crippen molar-refractivity contribution in [2.75, 3.05) is 19.7 Å². The molecule has 1 heterocycles. The maximum atomic E-state index is 13.7. The number of nitrogens with one attached hydrogen (secondary N) is 1. The molecule has 0 aliphatic carbocycles. The van der Waals surface area contributed by atoms with Gasteiger partial charge in [0.15, 0.2) is 14.6 Å². The van der Waals surface area contributed by atoms with Gasteiger partial charge in [-0.15, -0.1) is 5.92 Å². The lowest BCUT2D eigenvalue weighted by molar-refractivity contribution is -0.133. The fraction of sp³-hybridized carbons (Fsp3) is 0.348. The number of amides is 1. The van der Waals surface area contributed by atoms with Crippen molar-refractivity contribution in [2.45, 2.75) is 36.0 Å². The molecule has 1 aliphatic rings. The third kappa shape index (κ3) is 4.74. The molecule has 8 heteroatoms. The van der Waals surface area contributed by atoms with Gasteiger partial charge in [0, 0.05) is 19.6 Å². The molecule has 7 nitrogen and oxygen atoms in total. The van der Waals surface area contributed by atoms with E-state index in [1.165, 1.54) is 6.07 Å². The van der Waals surface area contributed by atoms with Crippen molar-refractivity contribution in [3.05, 3.63) is 60.2 Å². The Balaban J connectivity index is 1.89. The van der Waals surface area contributed by atoms with Crippen molar-refractivity contribution >= 4 is 15.7 Å². The Bertz CT molecular complexity index is 1070. The number of piperidine rings is 1. The van der Waals surface area contributed by atoms with Gasteiger partial charge in [-0.3, -0.25) is 14.9 Å². The van der Waals surface area contributed by atoms with E-state index in [4.69, 9.17) is 4.74 Å². The number of carbonyl (C=O) groups is 1. The van der Waals surface area contributed by atoms with Gasteiger partial charge in [-0.05, 0) is 37.5 Å². The van der Waals surface area contributed by atoms with E-state index in [0.717, 1.165) is 5.56 Å². The molecule has 164 valence electrons. The number of likely N-dealkylation sites (tertiary alicyclic amines) is 1. The molecule has 31 heavy (non-hydrogen) atoms. The van der Waals surface area contributed by atoms with Crippen LogP contribution in [0.1, 0.15) is 25.3 Å². The van der Waals surface area contributed by atoms with Crippen LogP contribution in [-0.2, 0) is 21.2 Å². The number of hydrogen-bond acceptors (Lipinski definition) is 6. The normalized spacial score (nSPS) is 16.1. The molecule has 2 aromatic rings. The lowest BCUT2D eigenvalue weighted by atomic mass is 9.94. The predicted molar refractivity (Wildman–Crippen MR) is 116 cm³/mol. The summed E-state index contributed by atoms with van der Waals surface area (Å²) in [5.74, 6) is 4.65. The first-order valence-electron chi connectivity index (χ1n) is 10.0. The largest absolute Gasteiger partial charge is 0.480 e. The second-order valence-corrected chi connectivity index (χ2v) is 9.59. The van der Waals surface area contributed by atoms with E-state index in [9.17, 15) is 18.4 Å². The number of sulfone groups is 1. The van der Waals surface area contributed by atoms with Gasteiger partial charge < -0.3 is 4.74 Å². The van der Waals surface area contributed by atoms with Crippen LogP contribution in [0.15, 0.2) is 59.5 Å². The molecule has 3 rings (SSSR count). The van der Waals surface area contributed by atoms with Gasteiger partial charge in [-0.1, -0.05) is 48.4 Å². The fourth-order valence-electron chi connectivity index (χ4n) is 3.82. The second-order valence-electron chi connectivity index (χ2n) is 7.36. The summed E-state index contributed by atoms with van der Waals surface area (Å²) in [5, 5.41) is 9.38. The van der Waals surface area contributed by atoms with Crippen LogP contribution in [0, 0.1) is 11.8 Å². The zero-order valence-electron chi connectivity index (χ0n) is 17.4. The van der Waals surface area contributed by atoms with Gasteiger partial charge in [0.05, 0.1) is 0 Å². The average molecular weight is 443 g/mol. The molecule has 0 unspecified atom stereocenters.